The van der Waals surface area contributed by atoms with Gasteiger partial charge in [0.15, 0.2) is 11.6 Å². The number of carbonyl (C=O) groups excluding carboxylic acids is 2. The first kappa shape index (κ1) is 25.8. The molecule has 0 aliphatic carbocycles. The molecule has 10 nitrogen and oxygen atoms in total. The van der Waals surface area contributed by atoms with Crippen LogP contribution >= 0.6 is 0 Å². The average Bonchev–Trinajstić information content (AvgIpc) is 3.31. The number of anilines is 1. The number of aromatic nitrogens is 1. The minimum absolute atomic E-state index is 0.0673. The number of rotatable bonds is 9. The quantitative estimate of drug-likeness (QED) is 0.264. The molecule has 1 aromatic heterocycles. The zero-order valence-corrected chi connectivity index (χ0v) is 20.7. The number of carbonyl (C=O) groups is 2. The number of hydrogen-bond acceptors (Lipinski definition) is 8. The normalized spacial score (nSPS) is 20.5. The first-order chi connectivity index (χ1) is 17.4. The lowest BCUT2D eigenvalue weighted by Crippen LogP contribution is -2.48. The summed E-state index contributed by atoms with van der Waals surface area (Å²) in [5.74, 6) is -0.990. The molecule has 4 heterocycles. The van der Waals surface area contributed by atoms with Crippen LogP contribution in [0.1, 0.15) is 34.5 Å². The predicted molar refractivity (Wildman–Crippen MR) is 136 cm³/mol. The van der Waals surface area contributed by atoms with Crippen LogP contribution in [0.5, 0.6) is 0 Å². The van der Waals surface area contributed by atoms with Gasteiger partial charge in [0, 0.05) is 82.5 Å². The number of amides is 2. The van der Waals surface area contributed by atoms with Crippen LogP contribution in [0, 0.1) is 11.2 Å². The summed E-state index contributed by atoms with van der Waals surface area (Å²) in [6, 6.07) is -0.139. The van der Waals surface area contributed by atoms with E-state index in [1.54, 1.807) is 23.0 Å². The third-order valence-electron chi connectivity index (χ3n) is 7.00. The maximum absolute atomic E-state index is 15.6. The van der Waals surface area contributed by atoms with Crippen LogP contribution in [0.2, 0.25) is 0 Å². The van der Waals surface area contributed by atoms with Gasteiger partial charge >= 0.3 is 0 Å². The van der Waals surface area contributed by atoms with Crippen molar-refractivity contribution in [3.05, 3.63) is 41.5 Å². The van der Waals surface area contributed by atoms with E-state index >= 15 is 4.39 Å². The highest BCUT2D eigenvalue weighted by Gasteiger charge is 2.34. The van der Waals surface area contributed by atoms with Gasteiger partial charge in [0.1, 0.15) is 0 Å². The van der Waals surface area contributed by atoms with Crippen molar-refractivity contribution >= 4 is 29.4 Å². The van der Waals surface area contributed by atoms with E-state index in [0.717, 1.165) is 51.9 Å². The number of halogens is 1. The minimum atomic E-state index is -0.550. The Hall–Kier alpha value is -3.31. The Morgan fingerprint density at radius 3 is 2.89 bits per heavy atom. The molecule has 36 heavy (non-hydrogen) atoms. The molecule has 1 aromatic rings. The van der Waals surface area contributed by atoms with E-state index in [4.69, 9.17) is 10.1 Å². The number of nitrogens with zero attached hydrogens (tertiary/aromatic N) is 4. The molecule has 0 spiro atoms. The largest absolute Gasteiger partial charge is 0.389 e. The van der Waals surface area contributed by atoms with Gasteiger partial charge in [-0.3, -0.25) is 14.5 Å². The van der Waals surface area contributed by atoms with Crippen LogP contribution in [0.3, 0.4) is 0 Å². The summed E-state index contributed by atoms with van der Waals surface area (Å²) in [6.45, 7) is 9.36. The molecule has 0 radical (unpaired) electrons. The number of pyridine rings is 1. The SMILES string of the molecule is C=CC(=O)N1CCCC(N(C)c2nc(/C(C=N)=C/NCCN3CCOCC3)c3c(c2F)CNC3=O)C1. The Balaban J connectivity index is 1.59. The predicted octanol–water partition coefficient (Wildman–Crippen LogP) is 0.990. The molecular formula is C25H34FN7O3. The van der Waals surface area contributed by atoms with Crippen molar-refractivity contribution in [2.24, 2.45) is 0 Å². The topological polar surface area (TPSA) is 114 Å². The van der Waals surface area contributed by atoms with Gasteiger partial charge < -0.3 is 30.6 Å². The van der Waals surface area contributed by atoms with E-state index in [9.17, 15) is 9.59 Å². The van der Waals surface area contributed by atoms with Gasteiger partial charge in [0.2, 0.25) is 5.91 Å². The molecule has 1 atom stereocenters. The highest BCUT2D eigenvalue weighted by Crippen LogP contribution is 2.32. The second-order valence-electron chi connectivity index (χ2n) is 9.18. The third kappa shape index (κ3) is 5.41. The molecule has 194 valence electrons. The molecule has 11 heteroatoms. The molecular weight excluding hydrogens is 465 g/mol. The van der Waals surface area contributed by atoms with Gasteiger partial charge in [-0.1, -0.05) is 6.58 Å². The van der Waals surface area contributed by atoms with Crippen molar-refractivity contribution in [1.29, 1.82) is 5.41 Å². The van der Waals surface area contributed by atoms with Gasteiger partial charge in [-0.15, -0.1) is 0 Å². The maximum atomic E-state index is 15.6. The van der Waals surface area contributed by atoms with Crippen molar-refractivity contribution in [3.8, 4) is 0 Å². The minimum Gasteiger partial charge on any atom is -0.389 e. The Morgan fingerprint density at radius 1 is 1.39 bits per heavy atom. The number of morpholine rings is 1. The Bertz CT molecular complexity index is 1050. The standard InChI is InChI=1S/C25H34FN7O3/c1-3-20(34)33-7-4-5-18(16-33)31(2)24-22(26)19-15-29-25(35)21(19)23(30-24)17(13-27)14-28-6-8-32-9-11-36-12-10-32/h3,13-14,18,27-28H,1,4-12,15-16H2,2H3,(H,29,35)/b17-14+,27-13?. The first-order valence-electron chi connectivity index (χ1n) is 12.3. The molecule has 3 aliphatic rings. The Kier molecular flexibility index (Phi) is 8.32. The smallest absolute Gasteiger partial charge is 0.254 e. The number of ether oxygens (including phenoxy) is 1. The lowest BCUT2D eigenvalue weighted by atomic mass is 10.0. The fraction of sp³-hybridized carbons (Fsp3) is 0.520. The molecule has 2 fully saturated rings. The van der Waals surface area contributed by atoms with Crippen LogP contribution in [0.4, 0.5) is 10.2 Å². The zero-order valence-electron chi connectivity index (χ0n) is 20.7. The first-order valence-corrected chi connectivity index (χ1v) is 12.3. The van der Waals surface area contributed by atoms with Crippen molar-refractivity contribution in [1.82, 2.24) is 25.4 Å². The fourth-order valence-corrected chi connectivity index (χ4v) is 4.89. The number of likely N-dealkylation sites (N-methyl/N-ethyl adjacent to an activating group) is 1. The zero-order chi connectivity index (χ0) is 25.7. The lowest BCUT2D eigenvalue weighted by molar-refractivity contribution is -0.127. The van der Waals surface area contributed by atoms with Crippen molar-refractivity contribution in [2.45, 2.75) is 25.4 Å². The highest BCUT2D eigenvalue weighted by molar-refractivity contribution is 6.13. The Labute approximate surface area is 210 Å². The third-order valence-corrected chi connectivity index (χ3v) is 7.00. The van der Waals surface area contributed by atoms with Gasteiger partial charge in [0.25, 0.3) is 5.91 Å². The molecule has 0 bridgehead atoms. The summed E-state index contributed by atoms with van der Waals surface area (Å²) in [6.07, 6.45) is 5.64. The number of fused-ring (bicyclic) bond motifs is 1. The summed E-state index contributed by atoms with van der Waals surface area (Å²) >= 11 is 0. The number of allylic oxidation sites excluding steroid dienone is 1. The van der Waals surface area contributed by atoms with Crippen LogP contribution in [0.15, 0.2) is 18.9 Å². The molecule has 1 unspecified atom stereocenters. The van der Waals surface area contributed by atoms with E-state index < -0.39 is 11.7 Å². The molecule has 3 aliphatic heterocycles. The van der Waals surface area contributed by atoms with Crippen LogP contribution in [0.25, 0.3) is 5.57 Å². The van der Waals surface area contributed by atoms with Crippen molar-refractivity contribution < 1.29 is 18.7 Å². The van der Waals surface area contributed by atoms with Crippen LogP contribution < -0.4 is 15.5 Å². The second-order valence-corrected chi connectivity index (χ2v) is 9.18. The average molecular weight is 500 g/mol. The van der Waals surface area contributed by atoms with Crippen LogP contribution in [-0.2, 0) is 16.1 Å². The van der Waals surface area contributed by atoms with Gasteiger partial charge in [-0.05, 0) is 18.9 Å². The summed E-state index contributed by atoms with van der Waals surface area (Å²) in [7, 11) is 1.76. The summed E-state index contributed by atoms with van der Waals surface area (Å²) in [4.78, 5) is 35.1. The van der Waals surface area contributed by atoms with Gasteiger partial charge in [-0.25, -0.2) is 9.37 Å². The van der Waals surface area contributed by atoms with Crippen molar-refractivity contribution in [3.63, 3.8) is 0 Å². The molecule has 2 amide bonds. The van der Waals surface area contributed by atoms with E-state index in [1.807, 2.05) is 0 Å². The van der Waals surface area contributed by atoms with Crippen molar-refractivity contribution in [2.75, 3.05) is 64.4 Å². The molecule has 0 aromatic carbocycles. The number of piperidine rings is 1. The summed E-state index contributed by atoms with van der Waals surface area (Å²) in [5.41, 5.74) is 1.09. The summed E-state index contributed by atoms with van der Waals surface area (Å²) < 4.78 is 21.0. The maximum Gasteiger partial charge on any atom is 0.254 e. The van der Waals surface area contributed by atoms with Gasteiger partial charge in [0.05, 0.1) is 24.5 Å². The number of likely N-dealkylation sites (tertiary alicyclic amines) is 1. The molecule has 0 saturated carbocycles. The molecule has 2 saturated heterocycles. The Morgan fingerprint density at radius 2 is 2.17 bits per heavy atom. The second kappa shape index (κ2) is 11.6. The molecule has 3 N–H and O–H groups in total. The van der Waals surface area contributed by atoms with E-state index in [0.29, 0.717) is 25.2 Å². The number of hydrogen-bond donors (Lipinski definition) is 3. The van der Waals surface area contributed by atoms with E-state index in [1.165, 1.54) is 6.08 Å². The van der Waals surface area contributed by atoms with Crippen LogP contribution in [-0.4, -0.2) is 98.4 Å². The monoisotopic (exact) mass is 499 g/mol. The fourth-order valence-electron chi connectivity index (χ4n) is 4.89. The van der Waals surface area contributed by atoms with E-state index in [-0.39, 0.29) is 41.1 Å². The van der Waals surface area contributed by atoms with E-state index in [2.05, 4.69) is 27.1 Å². The highest BCUT2D eigenvalue weighted by atomic mass is 19.1. The van der Waals surface area contributed by atoms with Gasteiger partial charge in [-0.2, -0.15) is 0 Å². The molecule has 4 rings (SSSR count). The number of nitrogens with one attached hydrogen (secondary N) is 3. The lowest BCUT2D eigenvalue weighted by Gasteiger charge is -2.38. The summed E-state index contributed by atoms with van der Waals surface area (Å²) in [5, 5.41) is 13.9.